The molecule has 1 atom stereocenters. The molecule has 0 saturated heterocycles. The third-order valence-corrected chi connectivity index (χ3v) is 4.93. The lowest BCUT2D eigenvalue weighted by Gasteiger charge is -2.23. The zero-order valence-electron chi connectivity index (χ0n) is 17.6. The van der Waals surface area contributed by atoms with E-state index in [1.165, 1.54) is 32.5 Å². The van der Waals surface area contributed by atoms with Gasteiger partial charge in [0.1, 0.15) is 11.3 Å². The summed E-state index contributed by atoms with van der Waals surface area (Å²) in [4.78, 5) is 27.9. The molecule has 3 rings (SSSR count). The number of carbonyl (C=O) groups is 1. The van der Waals surface area contributed by atoms with Crippen LogP contribution in [0.15, 0.2) is 42.6 Å². The Morgan fingerprint density at radius 2 is 1.87 bits per heavy atom. The van der Waals surface area contributed by atoms with Gasteiger partial charge in [-0.25, -0.2) is 0 Å². The number of methoxy groups -OCH3 is 2. The van der Waals surface area contributed by atoms with Gasteiger partial charge in [-0.05, 0) is 29.8 Å². The molecule has 9 heteroatoms. The predicted octanol–water partition coefficient (Wildman–Crippen LogP) is 3.73. The van der Waals surface area contributed by atoms with E-state index in [-0.39, 0.29) is 39.7 Å². The van der Waals surface area contributed by atoms with Crippen LogP contribution in [0.3, 0.4) is 0 Å². The SMILES string of the molecule is COc1ccc([C@@H](NC(=O)C(C)C)c2cc([N+](=O)[O-])c3cccnc3c2O)cc1OC. The minimum atomic E-state index is -0.889. The molecule has 1 heterocycles. The number of fused-ring (bicyclic) bond motifs is 1. The highest BCUT2D eigenvalue weighted by molar-refractivity contribution is 5.94. The number of aromatic hydroxyl groups is 1. The van der Waals surface area contributed by atoms with Gasteiger partial charge in [0.15, 0.2) is 11.5 Å². The van der Waals surface area contributed by atoms with Gasteiger partial charge in [-0.1, -0.05) is 19.9 Å². The van der Waals surface area contributed by atoms with Crippen molar-refractivity contribution in [2.24, 2.45) is 5.92 Å². The lowest BCUT2D eigenvalue weighted by molar-refractivity contribution is -0.383. The number of nitrogens with zero attached hydrogens (tertiary/aromatic N) is 2. The van der Waals surface area contributed by atoms with Gasteiger partial charge in [-0.15, -0.1) is 0 Å². The number of carbonyl (C=O) groups excluding carboxylic acids is 1. The molecule has 0 spiro atoms. The Bertz CT molecular complexity index is 1150. The number of nitro groups is 1. The fourth-order valence-electron chi connectivity index (χ4n) is 3.28. The standard InChI is InChI=1S/C22H23N3O6/c1-12(2)22(27)24-19(13-7-8-17(30-3)18(10-13)31-4)15-11-16(25(28)29)14-6-5-9-23-20(14)21(15)26/h5-12,19,26H,1-4H3,(H,24,27)/t19-/m1/s1. The van der Waals surface area contributed by atoms with Crippen LogP contribution in [0.5, 0.6) is 17.2 Å². The van der Waals surface area contributed by atoms with Crippen LogP contribution in [0.25, 0.3) is 10.9 Å². The fraction of sp³-hybridized carbons (Fsp3) is 0.273. The molecule has 0 aliphatic carbocycles. The highest BCUT2D eigenvalue weighted by atomic mass is 16.6. The van der Waals surface area contributed by atoms with Gasteiger partial charge in [0.05, 0.1) is 30.6 Å². The van der Waals surface area contributed by atoms with E-state index in [0.717, 1.165) is 0 Å². The lowest BCUT2D eigenvalue weighted by Crippen LogP contribution is -2.32. The molecule has 0 aliphatic heterocycles. The number of ether oxygens (including phenoxy) is 2. The Labute approximate surface area is 178 Å². The molecule has 0 fully saturated rings. The number of rotatable bonds is 7. The molecule has 31 heavy (non-hydrogen) atoms. The van der Waals surface area contributed by atoms with E-state index >= 15 is 0 Å². The third-order valence-electron chi connectivity index (χ3n) is 4.93. The quantitative estimate of drug-likeness (QED) is 0.437. The van der Waals surface area contributed by atoms with E-state index in [2.05, 4.69) is 10.3 Å². The fourth-order valence-corrected chi connectivity index (χ4v) is 3.28. The number of pyridine rings is 1. The summed E-state index contributed by atoms with van der Waals surface area (Å²) in [6, 6.07) is 8.45. The number of amides is 1. The maximum Gasteiger partial charge on any atom is 0.279 e. The van der Waals surface area contributed by atoms with E-state index < -0.39 is 11.0 Å². The lowest BCUT2D eigenvalue weighted by atomic mass is 9.94. The summed E-state index contributed by atoms with van der Waals surface area (Å²) in [5, 5.41) is 25.8. The Kier molecular flexibility index (Phi) is 6.24. The molecule has 0 unspecified atom stereocenters. The molecule has 0 aliphatic rings. The van der Waals surface area contributed by atoms with Crippen LogP contribution < -0.4 is 14.8 Å². The molecule has 0 bridgehead atoms. The van der Waals surface area contributed by atoms with Crippen LogP contribution in [-0.2, 0) is 4.79 Å². The minimum Gasteiger partial charge on any atom is -0.505 e. The van der Waals surface area contributed by atoms with Crippen molar-refractivity contribution in [1.82, 2.24) is 10.3 Å². The number of hydrogen-bond donors (Lipinski definition) is 2. The van der Waals surface area contributed by atoms with Crippen molar-refractivity contribution in [3.05, 3.63) is 63.8 Å². The summed E-state index contributed by atoms with van der Waals surface area (Å²) in [7, 11) is 2.98. The molecule has 9 nitrogen and oxygen atoms in total. The van der Waals surface area contributed by atoms with Crippen molar-refractivity contribution in [2.45, 2.75) is 19.9 Å². The van der Waals surface area contributed by atoms with Crippen molar-refractivity contribution in [2.75, 3.05) is 14.2 Å². The number of nitro benzene ring substituents is 1. The maximum absolute atomic E-state index is 12.6. The number of nitrogens with one attached hydrogen (secondary N) is 1. The molecule has 0 radical (unpaired) electrons. The predicted molar refractivity (Wildman–Crippen MR) is 114 cm³/mol. The smallest absolute Gasteiger partial charge is 0.279 e. The molecule has 1 aromatic heterocycles. The molecule has 2 N–H and O–H groups in total. The number of benzene rings is 2. The molecule has 162 valence electrons. The van der Waals surface area contributed by atoms with Gasteiger partial charge in [0.2, 0.25) is 5.91 Å². The van der Waals surface area contributed by atoms with Gasteiger partial charge >= 0.3 is 0 Å². The van der Waals surface area contributed by atoms with Crippen molar-refractivity contribution in [1.29, 1.82) is 0 Å². The molecule has 0 saturated carbocycles. The summed E-state index contributed by atoms with van der Waals surface area (Å²) in [6.07, 6.45) is 1.44. The van der Waals surface area contributed by atoms with Gasteiger partial charge in [0, 0.05) is 23.7 Å². The van der Waals surface area contributed by atoms with Crippen LogP contribution in [0.4, 0.5) is 5.69 Å². The van der Waals surface area contributed by atoms with Crippen LogP contribution >= 0.6 is 0 Å². The van der Waals surface area contributed by atoms with Gasteiger partial charge < -0.3 is 19.9 Å². The first kappa shape index (κ1) is 21.8. The highest BCUT2D eigenvalue weighted by Gasteiger charge is 2.28. The van der Waals surface area contributed by atoms with E-state index in [1.807, 2.05) is 0 Å². The average Bonchev–Trinajstić information content (AvgIpc) is 2.77. The maximum atomic E-state index is 12.6. The zero-order chi connectivity index (χ0) is 22.7. The second kappa shape index (κ2) is 8.86. The van der Waals surface area contributed by atoms with Crippen molar-refractivity contribution >= 4 is 22.5 Å². The number of non-ortho nitro benzene ring substituents is 1. The second-order valence-corrected chi connectivity index (χ2v) is 7.20. The summed E-state index contributed by atoms with van der Waals surface area (Å²) in [5.74, 6) is 0.0126. The van der Waals surface area contributed by atoms with Gasteiger partial charge in [0.25, 0.3) is 5.69 Å². The number of phenolic OH excluding ortho intramolecular Hbond substituents is 1. The monoisotopic (exact) mass is 425 g/mol. The molecular formula is C22H23N3O6. The van der Waals surface area contributed by atoms with Crippen LogP contribution in [0.2, 0.25) is 0 Å². The summed E-state index contributed by atoms with van der Waals surface area (Å²) in [6.45, 7) is 3.45. The highest BCUT2D eigenvalue weighted by Crippen LogP contribution is 2.41. The Hall–Kier alpha value is -3.88. The summed E-state index contributed by atoms with van der Waals surface area (Å²) in [5.41, 5.74) is 0.557. The van der Waals surface area contributed by atoms with Crippen molar-refractivity contribution < 1.29 is 24.3 Å². The first-order chi connectivity index (χ1) is 14.8. The number of aromatic nitrogens is 1. The second-order valence-electron chi connectivity index (χ2n) is 7.20. The normalized spacial score (nSPS) is 11.9. The van der Waals surface area contributed by atoms with E-state index in [1.54, 1.807) is 38.1 Å². The largest absolute Gasteiger partial charge is 0.505 e. The van der Waals surface area contributed by atoms with E-state index in [4.69, 9.17) is 9.47 Å². The number of hydrogen-bond acceptors (Lipinski definition) is 7. The van der Waals surface area contributed by atoms with Gasteiger partial charge in [-0.3, -0.25) is 19.9 Å². The zero-order valence-corrected chi connectivity index (χ0v) is 17.6. The molecule has 3 aromatic rings. The Morgan fingerprint density at radius 3 is 2.48 bits per heavy atom. The van der Waals surface area contributed by atoms with Gasteiger partial charge in [-0.2, -0.15) is 0 Å². The van der Waals surface area contributed by atoms with Crippen molar-refractivity contribution in [3.63, 3.8) is 0 Å². The number of phenols is 1. The van der Waals surface area contributed by atoms with Crippen LogP contribution in [0.1, 0.15) is 31.0 Å². The Morgan fingerprint density at radius 1 is 1.16 bits per heavy atom. The van der Waals surface area contributed by atoms with Crippen LogP contribution in [-0.4, -0.2) is 35.1 Å². The topological polar surface area (TPSA) is 124 Å². The third kappa shape index (κ3) is 4.20. The molecule has 1 amide bonds. The Balaban J connectivity index is 2.28. The molecule has 2 aromatic carbocycles. The van der Waals surface area contributed by atoms with E-state index in [9.17, 15) is 20.0 Å². The molecular weight excluding hydrogens is 402 g/mol. The first-order valence-electron chi connectivity index (χ1n) is 9.55. The van der Waals surface area contributed by atoms with E-state index in [0.29, 0.717) is 17.1 Å². The minimum absolute atomic E-state index is 0.0796. The summed E-state index contributed by atoms with van der Waals surface area (Å²) >= 11 is 0. The first-order valence-corrected chi connectivity index (χ1v) is 9.55. The van der Waals surface area contributed by atoms with Crippen LogP contribution in [0, 0.1) is 16.0 Å². The van der Waals surface area contributed by atoms with Crippen molar-refractivity contribution in [3.8, 4) is 17.2 Å². The summed E-state index contributed by atoms with van der Waals surface area (Å²) < 4.78 is 10.6. The average molecular weight is 425 g/mol.